The van der Waals surface area contributed by atoms with Gasteiger partial charge in [-0.15, -0.1) is 6.58 Å². The first kappa shape index (κ1) is 32.2. The Morgan fingerprint density at radius 3 is 2.42 bits per heavy atom. The van der Waals surface area contributed by atoms with E-state index < -0.39 is 0 Å². The summed E-state index contributed by atoms with van der Waals surface area (Å²) in [6.07, 6.45) is 29.8. The highest BCUT2D eigenvalue weighted by Gasteiger charge is 2.24. The number of benzene rings is 1. The van der Waals surface area contributed by atoms with Crippen molar-refractivity contribution in [1.29, 1.82) is 0 Å². The van der Waals surface area contributed by atoms with Crippen molar-refractivity contribution in [2.24, 2.45) is 11.8 Å². The molecule has 3 rings (SSSR count). The maximum Gasteiger partial charge on any atom is 0.00115 e. The standard InChI is InChI=1S/C40H58/c1-7-10-14-24-38(33(6)36(9-3)29-34-20-15-13-16-21-34)28-32(5)39-26-25-35(27-31(4)19-8-2)30-40(39)37-22-17-11-12-18-23-37/h9,13,15,20,25-26,30,36-38H,3-8,10-12,14,16-19,21-24,27-29H2,1-2H3. The van der Waals surface area contributed by atoms with Crippen LogP contribution >= 0.6 is 0 Å². The first-order valence-electron chi connectivity index (χ1n) is 16.6. The van der Waals surface area contributed by atoms with Crippen LogP contribution in [-0.4, -0.2) is 0 Å². The highest BCUT2D eigenvalue weighted by atomic mass is 14.3. The van der Waals surface area contributed by atoms with Gasteiger partial charge < -0.3 is 0 Å². The zero-order chi connectivity index (χ0) is 28.7. The summed E-state index contributed by atoms with van der Waals surface area (Å²) in [5.41, 5.74) is 9.98. The minimum Gasteiger partial charge on any atom is -0.102 e. The Bertz CT molecular complexity index is 1040. The van der Waals surface area contributed by atoms with Gasteiger partial charge in [0.05, 0.1) is 0 Å². The second kappa shape index (κ2) is 17.5. The molecule has 2 aliphatic rings. The van der Waals surface area contributed by atoms with Crippen LogP contribution in [0.15, 0.2) is 85.5 Å². The monoisotopic (exact) mass is 538 g/mol. The average molecular weight is 539 g/mol. The van der Waals surface area contributed by atoms with Gasteiger partial charge in [-0.25, -0.2) is 0 Å². The smallest absolute Gasteiger partial charge is 0.00115 e. The summed E-state index contributed by atoms with van der Waals surface area (Å²) in [4.78, 5) is 0. The summed E-state index contributed by atoms with van der Waals surface area (Å²) in [6, 6.07) is 7.30. The van der Waals surface area contributed by atoms with Crippen molar-refractivity contribution < 1.29 is 0 Å². The summed E-state index contributed by atoms with van der Waals surface area (Å²) < 4.78 is 0. The Morgan fingerprint density at radius 1 is 1.00 bits per heavy atom. The highest BCUT2D eigenvalue weighted by Crippen LogP contribution is 2.40. The molecule has 1 saturated carbocycles. The van der Waals surface area contributed by atoms with Gasteiger partial charge in [-0.05, 0) is 91.9 Å². The van der Waals surface area contributed by atoms with E-state index in [1.807, 2.05) is 0 Å². The lowest BCUT2D eigenvalue weighted by Gasteiger charge is -2.28. The maximum absolute atomic E-state index is 4.77. The van der Waals surface area contributed by atoms with Crippen LogP contribution in [0.4, 0.5) is 0 Å². The molecule has 0 spiro atoms. The van der Waals surface area contributed by atoms with E-state index in [-0.39, 0.29) is 0 Å². The Hall–Kier alpha value is -2.34. The maximum atomic E-state index is 4.77. The van der Waals surface area contributed by atoms with Crippen LogP contribution in [0.25, 0.3) is 5.57 Å². The van der Waals surface area contributed by atoms with Gasteiger partial charge in [-0.1, -0.05) is 144 Å². The molecule has 0 bridgehead atoms. The third kappa shape index (κ3) is 9.94. The predicted octanol–water partition coefficient (Wildman–Crippen LogP) is 12.6. The Kier molecular flexibility index (Phi) is 14.1. The van der Waals surface area contributed by atoms with Gasteiger partial charge in [-0.2, -0.15) is 0 Å². The van der Waals surface area contributed by atoms with Crippen LogP contribution in [0.5, 0.6) is 0 Å². The summed E-state index contributed by atoms with van der Waals surface area (Å²) in [5, 5.41) is 0. The average Bonchev–Trinajstić information content (AvgIpc) is 3.25. The van der Waals surface area contributed by atoms with Crippen molar-refractivity contribution in [2.45, 2.75) is 129 Å². The SMILES string of the molecule is C=CC(CC1=CC=CCC1)C(=C)C(CCCCC)CC(=C)c1ccc(CC(=C)CCC)cc1C1CCCCCC1. The van der Waals surface area contributed by atoms with E-state index in [2.05, 4.69) is 69.5 Å². The molecule has 0 nitrogen and oxygen atoms in total. The van der Waals surface area contributed by atoms with E-state index >= 15 is 0 Å². The highest BCUT2D eigenvalue weighted by molar-refractivity contribution is 5.68. The summed E-state index contributed by atoms with van der Waals surface area (Å²) in [7, 11) is 0. The normalized spacial score (nSPS) is 17.5. The topological polar surface area (TPSA) is 0 Å². The number of hydrogen-bond donors (Lipinski definition) is 0. The summed E-state index contributed by atoms with van der Waals surface area (Å²) >= 11 is 0. The van der Waals surface area contributed by atoms with Crippen molar-refractivity contribution in [1.82, 2.24) is 0 Å². The van der Waals surface area contributed by atoms with Crippen molar-refractivity contribution in [3.05, 3.63) is 102 Å². The summed E-state index contributed by atoms with van der Waals surface area (Å²) in [5.74, 6) is 1.45. The van der Waals surface area contributed by atoms with Crippen LogP contribution in [0.3, 0.4) is 0 Å². The van der Waals surface area contributed by atoms with E-state index in [9.17, 15) is 0 Å². The van der Waals surface area contributed by atoms with E-state index in [0.717, 1.165) is 32.1 Å². The van der Waals surface area contributed by atoms with Gasteiger partial charge in [0.1, 0.15) is 0 Å². The van der Waals surface area contributed by atoms with Crippen molar-refractivity contribution in [3.8, 4) is 0 Å². The van der Waals surface area contributed by atoms with E-state index in [0.29, 0.717) is 17.8 Å². The molecular formula is C40H58. The predicted molar refractivity (Wildman–Crippen MR) is 180 cm³/mol. The van der Waals surface area contributed by atoms with Crippen LogP contribution in [0, 0.1) is 11.8 Å². The first-order valence-corrected chi connectivity index (χ1v) is 16.6. The van der Waals surface area contributed by atoms with Crippen LogP contribution in [-0.2, 0) is 6.42 Å². The van der Waals surface area contributed by atoms with Crippen LogP contribution < -0.4 is 0 Å². The molecule has 0 heterocycles. The molecule has 40 heavy (non-hydrogen) atoms. The lowest BCUT2D eigenvalue weighted by Crippen LogP contribution is -2.14. The van der Waals surface area contributed by atoms with Gasteiger partial charge in [0.25, 0.3) is 0 Å². The Labute approximate surface area is 248 Å². The third-order valence-corrected chi connectivity index (χ3v) is 9.37. The molecular weight excluding hydrogens is 480 g/mol. The van der Waals surface area contributed by atoms with Gasteiger partial charge in [0, 0.05) is 5.92 Å². The zero-order valence-electron chi connectivity index (χ0n) is 26.1. The van der Waals surface area contributed by atoms with Crippen LogP contribution in [0.2, 0.25) is 0 Å². The van der Waals surface area contributed by atoms with Crippen LogP contribution in [0.1, 0.15) is 139 Å². The van der Waals surface area contributed by atoms with Gasteiger partial charge >= 0.3 is 0 Å². The lowest BCUT2D eigenvalue weighted by atomic mass is 9.76. The third-order valence-electron chi connectivity index (χ3n) is 9.37. The molecule has 0 heteroatoms. The van der Waals surface area contributed by atoms with Gasteiger partial charge in [0.2, 0.25) is 0 Å². The second-order valence-electron chi connectivity index (χ2n) is 12.7. The molecule has 218 valence electrons. The molecule has 2 atom stereocenters. The lowest BCUT2D eigenvalue weighted by molar-refractivity contribution is 0.487. The number of unbranched alkanes of at least 4 members (excludes halogenated alkanes) is 2. The van der Waals surface area contributed by atoms with Gasteiger partial charge in [-0.3, -0.25) is 0 Å². The van der Waals surface area contributed by atoms with Gasteiger partial charge in [0.15, 0.2) is 0 Å². The second-order valence-corrected chi connectivity index (χ2v) is 12.7. The van der Waals surface area contributed by atoms with Crippen molar-refractivity contribution in [2.75, 3.05) is 0 Å². The Morgan fingerprint density at radius 2 is 1.77 bits per heavy atom. The van der Waals surface area contributed by atoms with Crippen molar-refractivity contribution >= 4 is 5.57 Å². The minimum atomic E-state index is 0.338. The number of allylic oxidation sites excluding steroid dienone is 8. The Balaban J connectivity index is 1.86. The van der Waals surface area contributed by atoms with E-state index in [1.54, 1.807) is 5.56 Å². The molecule has 2 aliphatic carbocycles. The molecule has 1 fully saturated rings. The first-order chi connectivity index (χ1) is 19.5. The molecule has 0 aromatic heterocycles. The molecule has 0 N–H and O–H groups in total. The molecule has 0 amide bonds. The molecule has 1 aromatic carbocycles. The number of rotatable bonds is 17. The quantitative estimate of drug-likeness (QED) is 0.105. The largest absolute Gasteiger partial charge is 0.102 e. The fraction of sp³-hybridized carbons (Fsp3) is 0.550. The number of hydrogen-bond acceptors (Lipinski definition) is 0. The molecule has 1 aromatic rings. The fourth-order valence-corrected chi connectivity index (χ4v) is 6.94. The molecule has 0 saturated heterocycles. The zero-order valence-corrected chi connectivity index (χ0v) is 26.1. The molecule has 0 radical (unpaired) electrons. The molecule has 2 unspecified atom stereocenters. The van der Waals surface area contributed by atoms with E-state index in [4.69, 9.17) is 13.2 Å². The van der Waals surface area contributed by atoms with E-state index in [1.165, 1.54) is 110 Å². The minimum absolute atomic E-state index is 0.338. The summed E-state index contributed by atoms with van der Waals surface area (Å²) in [6.45, 7) is 22.7. The molecule has 0 aliphatic heterocycles. The fourth-order valence-electron chi connectivity index (χ4n) is 6.94. The van der Waals surface area contributed by atoms with Crippen molar-refractivity contribution in [3.63, 3.8) is 0 Å².